The molecule has 0 atom stereocenters. The number of hydrogen-bond donors (Lipinski definition) is 1. The first-order valence-electron chi connectivity index (χ1n) is 4.16. The van der Waals surface area contributed by atoms with Gasteiger partial charge in [-0.15, -0.1) is 12.8 Å². The minimum absolute atomic E-state index is 0.0737. The summed E-state index contributed by atoms with van der Waals surface area (Å²) >= 11 is 0. The van der Waals surface area contributed by atoms with Crippen LogP contribution in [-0.4, -0.2) is 0 Å². The van der Waals surface area contributed by atoms with E-state index < -0.39 is 17.3 Å². The third kappa shape index (κ3) is 3.30. The Balaban J connectivity index is 0.000000921. The number of rotatable bonds is 2. The maximum Gasteiger partial charge on any atom is 0.273 e. The molecule has 0 aliphatic carbocycles. The molecule has 0 radical (unpaired) electrons. The predicted molar refractivity (Wildman–Crippen MR) is 53.7 cm³/mol. The average Bonchev–Trinajstić information content (AvgIpc) is 2.19. The van der Waals surface area contributed by atoms with Gasteiger partial charge in [0.2, 0.25) is 0 Å². The maximum atomic E-state index is 13.2. The number of hydrogen-bond acceptors (Lipinski definition) is 1. The molecule has 0 saturated carbocycles. The highest BCUT2D eigenvalue weighted by Crippen LogP contribution is 2.30. The van der Waals surface area contributed by atoms with Gasteiger partial charge in [0.15, 0.2) is 0 Å². The van der Waals surface area contributed by atoms with Crippen LogP contribution in [0.2, 0.25) is 0 Å². The van der Waals surface area contributed by atoms with E-state index in [-0.39, 0.29) is 12.1 Å². The zero-order chi connectivity index (χ0) is 12.1. The summed E-state index contributed by atoms with van der Waals surface area (Å²) < 4.78 is 38.7. The second-order valence-corrected chi connectivity index (χ2v) is 2.87. The molecule has 0 unspecified atom stereocenters. The van der Waals surface area contributed by atoms with Crippen LogP contribution in [0.25, 0.3) is 0 Å². The van der Waals surface area contributed by atoms with Gasteiger partial charge in [0.1, 0.15) is 5.82 Å². The molecule has 82 valence electrons. The van der Waals surface area contributed by atoms with Gasteiger partial charge in [-0.1, -0.05) is 18.2 Å². The lowest BCUT2D eigenvalue weighted by Crippen LogP contribution is -2.12. The summed E-state index contributed by atoms with van der Waals surface area (Å²) in [6.45, 7) is 0.585. The SMILES string of the molecule is C#C.CC(F)(F)c1cccc(CN)c1F. The lowest BCUT2D eigenvalue weighted by molar-refractivity contribution is 0.0136. The minimum Gasteiger partial charge on any atom is -0.326 e. The summed E-state index contributed by atoms with van der Waals surface area (Å²) in [5, 5.41) is 0. The quantitative estimate of drug-likeness (QED) is 0.754. The van der Waals surface area contributed by atoms with Gasteiger partial charge in [0.05, 0.1) is 5.56 Å². The van der Waals surface area contributed by atoms with E-state index in [1.807, 2.05) is 0 Å². The topological polar surface area (TPSA) is 26.0 Å². The summed E-state index contributed by atoms with van der Waals surface area (Å²) in [5.74, 6) is -4.06. The first kappa shape index (κ1) is 13.5. The molecule has 1 aromatic rings. The molecular weight excluding hydrogens is 203 g/mol. The molecule has 1 nitrogen and oxygen atoms in total. The van der Waals surface area contributed by atoms with Crippen molar-refractivity contribution < 1.29 is 13.2 Å². The van der Waals surface area contributed by atoms with Crippen LogP contribution in [0.1, 0.15) is 18.1 Å². The summed E-state index contributed by atoms with van der Waals surface area (Å²) in [6.07, 6.45) is 8.00. The Labute approximate surface area is 87.1 Å². The Hall–Kier alpha value is -1.47. The molecule has 2 N–H and O–H groups in total. The van der Waals surface area contributed by atoms with E-state index in [0.29, 0.717) is 6.92 Å². The Bertz CT molecular complexity index is 339. The molecular formula is C11H12F3N. The lowest BCUT2D eigenvalue weighted by Gasteiger charge is -2.13. The minimum atomic E-state index is -3.16. The fraction of sp³-hybridized carbons (Fsp3) is 0.273. The average molecular weight is 215 g/mol. The van der Waals surface area contributed by atoms with Gasteiger partial charge in [-0.25, -0.2) is 13.2 Å². The standard InChI is InChI=1S/C9H10F3N.C2H2/c1-9(11,12)7-4-2-3-6(5-13)8(7)10;1-2/h2-4H,5,13H2,1H3;1-2H. The van der Waals surface area contributed by atoms with Crippen molar-refractivity contribution in [1.29, 1.82) is 0 Å². The van der Waals surface area contributed by atoms with Crippen molar-refractivity contribution in [1.82, 2.24) is 0 Å². The summed E-state index contributed by atoms with van der Waals surface area (Å²) in [6, 6.07) is 3.83. The van der Waals surface area contributed by atoms with Crippen LogP contribution < -0.4 is 5.73 Å². The molecule has 0 fully saturated rings. The van der Waals surface area contributed by atoms with Crippen molar-refractivity contribution in [2.45, 2.75) is 19.4 Å². The fourth-order valence-corrected chi connectivity index (χ4v) is 1.08. The molecule has 0 heterocycles. The van der Waals surface area contributed by atoms with Crippen molar-refractivity contribution in [2.75, 3.05) is 0 Å². The van der Waals surface area contributed by atoms with Crippen LogP contribution in [0.5, 0.6) is 0 Å². The van der Waals surface area contributed by atoms with Crippen LogP contribution in [-0.2, 0) is 12.5 Å². The van der Waals surface area contributed by atoms with Crippen molar-refractivity contribution in [2.24, 2.45) is 5.73 Å². The predicted octanol–water partition coefficient (Wildman–Crippen LogP) is 2.65. The smallest absolute Gasteiger partial charge is 0.273 e. The van der Waals surface area contributed by atoms with Gasteiger partial charge in [-0.2, -0.15) is 0 Å². The molecule has 0 amide bonds. The molecule has 1 rings (SSSR count). The van der Waals surface area contributed by atoms with Crippen LogP contribution >= 0.6 is 0 Å². The summed E-state index contributed by atoms with van der Waals surface area (Å²) in [5.41, 5.74) is 4.69. The Morgan fingerprint density at radius 2 is 1.87 bits per heavy atom. The van der Waals surface area contributed by atoms with E-state index in [1.54, 1.807) is 0 Å². The highest BCUT2D eigenvalue weighted by molar-refractivity contribution is 5.28. The molecule has 15 heavy (non-hydrogen) atoms. The van der Waals surface area contributed by atoms with E-state index in [2.05, 4.69) is 12.8 Å². The van der Waals surface area contributed by atoms with Gasteiger partial charge in [0.25, 0.3) is 5.92 Å². The molecule has 0 spiro atoms. The number of terminal acetylenes is 1. The summed E-state index contributed by atoms with van der Waals surface area (Å²) in [7, 11) is 0. The number of benzene rings is 1. The second kappa shape index (κ2) is 5.42. The Morgan fingerprint density at radius 1 is 1.33 bits per heavy atom. The third-order valence-electron chi connectivity index (χ3n) is 1.77. The van der Waals surface area contributed by atoms with E-state index in [0.717, 1.165) is 6.07 Å². The van der Waals surface area contributed by atoms with Crippen molar-refractivity contribution in [3.8, 4) is 12.8 Å². The monoisotopic (exact) mass is 215 g/mol. The highest BCUT2D eigenvalue weighted by atomic mass is 19.3. The maximum absolute atomic E-state index is 13.2. The molecule has 0 aromatic heterocycles. The number of halogens is 3. The van der Waals surface area contributed by atoms with Crippen LogP contribution in [0.4, 0.5) is 13.2 Å². The van der Waals surface area contributed by atoms with Crippen molar-refractivity contribution in [3.63, 3.8) is 0 Å². The zero-order valence-electron chi connectivity index (χ0n) is 8.31. The van der Waals surface area contributed by atoms with Gasteiger partial charge >= 0.3 is 0 Å². The van der Waals surface area contributed by atoms with Gasteiger partial charge < -0.3 is 5.73 Å². The number of alkyl halides is 2. The third-order valence-corrected chi connectivity index (χ3v) is 1.77. The lowest BCUT2D eigenvalue weighted by atomic mass is 10.1. The molecule has 1 aromatic carbocycles. The Morgan fingerprint density at radius 3 is 2.27 bits per heavy atom. The first-order chi connectivity index (χ1) is 6.96. The van der Waals surface area contributed by atoms with Gasteiger partial charge in [0, 0.05) is 19.0 Å². The van der Waals surface area contributed by atoms with Gasteiger partial charge in [-0.05, 0) is 0 Å². The van der Waals surface area contributed by atoms with E-state index >= 15 is 0 Å². The van der Waals surface area contributed by atoms with E-state index in [9.17, 15) is 13.2 Å². The van der Waals surface area contributed by atoms with Crippen molar-refractivity contribution in [3.05, 3.63) is 35.1 Å². The van der Waals surface area contributed by atoms with Crippen molar-refractivity contribution >= 4 is 0 Å². The normalized spacial score (nSPS) is 10.3. The molecule has 0 bridgehead atoms. The fourth-order valence-electron chi connectivity index (χ4n) is 1.08. The van der Waals surface area contributed by atoms with Gasteiger partial charge in [-0.3, -0.25) is 0 Å². The largest absolute Gasteiger partial charge is 0.326 e. The highest BCUT2D eigenvalue weighted by Gasteiger charge is 2.28. The Kier molecular flexibility index (Phi) is 4.89. The van der Waals surface area contributed by atoms with Crippen LogP contribution in [0.3, 0.4) is 0 Å². The van der Waals surface area contributed by atoms with Crippen LogP contribution in [0.15, 0.2) is 18.2 Å². The summed E-state index contributed by atoms with van der Waals surface area (Å²) in [4.78, 5) is 0. The molecule has 0 saturated heterocycles. The second-order valence-electron chi connectivity index (χ2n) is 2.87. The molecule has 4 heteroatoms. The number of nitrogens with two attached hydrogens (primary N) is 1. The van der Waals surface area contributed by atoms with E-state index in [1.165, 1.54) is 12.1 Å². The van der Waals surface area contributed by atoms with E-state index in [4.69, 9.17) is 5.73 Å². The van der Waals surface area contributed by atoms with Crippen LogP contribution in [0, 0.1) is 18.7 Å². The molecule has 0 aliphatic rings. The zero-order valence-corrected chi connectivity index (χ0v) is 8.31. The molecule has 0 aliphatic heterocycles. The first-order valence-corrected chi connectivity index (χ1v) is 4.16.